The van der Waals surface area contributed by atoms with Gasteiger partial charge in [-0.3, -0.25) is 19.2 Å². The van der Waals surface area contributed by atoms with Gasteiger partial charge in [0.05, 0.1) is 12.5 Å². The Morgan fingerprint density at radius 2 is 1.55 bits per heavy atom. The van der Waals surface area contributed by atoms with Crippen LogP contribution in [-0.2, 0) is 30.4 Å². The van der Waals surface area contributed by atoms with Gasteiger partial charge >= 0.3 is 11.9 Å². The Bertz CT molecular complexity index is 1140. The first kappa shape index (κ1) is 30.6. The summed E-state index contributed by atoms with van der Waals surface area (Å²) in [7, 11) is 0. The number of hydrogen-bond donors (Lipinski definition) is 9. The molecule has 0 spiro atoms. The number of aliphatic carboxylic acids is 2. The van der Waals surface area contributed by atoms with Crippen molar-refractivity contribution >= 4 is 53.2 Å². The minimum Gasteiger partial charge on any atom is -0.481 e. The Kier molecular flexibility index (Phi) is 12.0. The Morgan fingerprint density at radius 3 is 2.18 bits per heavy atom. The molecule has 0 aliphatic heterocycles. The van der Waals surface area contributed by atoms with Crippen LogP contribution in [0, 0.1) is 0 Å². The van der Waals surface area contributed by atoms with Crippen LogP contribution < -0.4 is 27.4 Å². The van der Waals surface area contributed by atoms with E-state index in [1.54, 1.807) is 6.20 Å². The summed E-state index contributed by atoms with van der Waals surface area (Å²) in [5.41, 5.74) is 12.7. The fraction of sp³-hybridized carbons (Fsp3) is 0.458. The third-order valence-electron chi connectivity index (χ3n) is 5.84. The standard InChI is InChI=1S/C24H34N6O7S/c25-8-4-3-7-17(24(36)37)28-23(35)19(10-20(31)32)30-22(34)18(29-21(33)15(26)12-38)9-13-11-27-16-6-2-1-5-14(13)16/h1-2,5-6,11,15,17-19,27,38H,3-4,7-10,12,25-26H2,(H,28,35)(H,29,33)(H,30,34)(H,31,32)(H,36,37). The molecule has 4 atom stereocenters. The number of unbranched alkanes of at least 4 members (excludes halogenated alkanes) is 1. The van der Waals surface area contributed by atoms with Crippen LogP contribution >= 0.6 is 12.6 Å². The van der Waals surface area contributed by atoms with Crippen molar-refractivity contribution in [2.45, 2.75) is 56.3 Å². The number of rotatable bonds is 16. The van der Waals surface area contributed by atoms with E-state index in [2.05, 4.69) is 33.6 Å². The van der Waals surface area contributed by atoms with Crippen LogP contribution in [0.1, 0.15) is 31.2 Å². The molecule has 4 unspecified atom stereocenters. The fourth-order valence-corrected chi connectivity index (χ4v) is 3.94. The molecule has 0 radical (unpaired) electrons. The van der Waals surface area contributed by atoms with Gasteiger partial charge < -0.3 is 42.6 Å². The molecule has 0 aliphatic carbocycles. The molecular weight excluding hydrogens is 516 g/mol. The van der Waals surface area contributed by atoms with Crippen molar-refractivity contribution in [3.63, 3.8) is 0 Å². The lowest BCUT2D eigenvalue weighted by Crippen LogP contribution is -2.58. The summed E-state index contributed by atoms with van der Waals surface area (Å²) < 4.78 is 0. The second kappa shape index (κ2) is 15.0. The maximum atomic E-state index is 13.3. The minimum absolute atomic E-state index is 0.000865. The van der Waals surface area contributed by atoms with E-state index in [1.807, 2.05) is 24.3 Å². The number of nitrogens with two attached hydrogens (primary N) is 2. The summed E-state index contributed by atoms with van der Waals surface area (Å²) >= 11 is 4.00. The van der Waals surface area contributed by atoms with Gasteiger partial charge in [-0.15, -0.1) is 0 Å². The zero-order chi connectivity index (χ0) is 28.2. The van der Waals surface area contributed by atoms with Gasteiger partial charge in [0.25, 0.3) is 0 Å². The second-order valence-corrected chi connectivity index (χ2v) is 9.12. The number of benzene rings is 1. The molecule has 208 valence electrons. The molecule has 10 N–H and O–H groups in total. The summed E-state index contributed by atoms with van der Waals surface area (Å²) in [6, 6.07) is 2.17. The summed E-state index contributed by atoms with van der Waals surface area (Å²) in [6.07, 6.45) is 1.91. The summed E-state index contributed by atoms with van der Waals surface area (Å²) in [6.45, 7) is 0.346. The molecule has 2 aromatic rings. The number of aromatic amines is 1. The van der Waals surface area contributed by atoms with E-state index in [9.17, 15) is 34.2 Å². The maximum absolute atomic E-state index is 13.3. The predicted octanol–water partition coefficient (Wildman–Crippen LogP) is -0.890. The van der Waals surface area contributed by atoms with Gasteiger partial charge in [-0.2, -0.15) is 12.6 Å². The smallest absolute Gasteiger partial charge is 0.326 e. The van der Waals surface area contributed by atoms with E-state index in [-0.39, 0.29) is 18.6 Å². The monoisotopic (exact) mass is 550 g/mol. The second-order valence-electron chi connectivity index (χ2n) is 8.76. The number of para-hydroxylation sites is 1. The number of fused-ring (bicyclic) bond motifs is 1. The molecule has 14 heteroatoms. The van der Waals surface area contributed by atoms with Crippen molar-refractivity contribution in [2.75, 3.05) is 12.3 Å². The van der Waals surface area contributed by atoms with E-state index >= 15 is 0 Å². The Hall–Kier alpha value is -3.62. The van der Waals surface area contributed by atoms with Crippen LogP contribution in [0.15, 0.2) is 30.5 Å². The molecular formula is C24H34N6O7S. The van der Waals surface area contributed by atoms with E-state index in [4.69, 9.17) is 11.5 Å². The number of nitrogens with one attached hydrogen (secondary N) is 4. The maximum Gasteiger partial charge on any atom is 0.326 e. The largest absolute Gasteiger partial charge is 0.481 e. The van der Waals surface area contributed by atoms with Gasteiger partial charge in [0.2, 0.25) is 17.7 Å². The molecule has 13 nitrogen and oxygen atoms in total. The number of carboxylic acids is 2. The Morgan fingerprint density at radius 1 is 0.921 bits per heavy atom. The van der Waals surface area contributed by atoms with Crippen LogP contribution in [-0.4, -0.2) is 81.3 Å². The van der Waals surface area contributed by atoms with Crippen molar-refractivity contribution in [1.82, 2.24) is 20.9 Å². The average Bonchev–Trinajstić information content (AvgIpc) is 3.29. The first-order valence-corrected chi connectivity index (χ1v) is 12.7. The molecule has 0 saturated heterocycles. The van der Waals surface area contributed by atoms with Gasteiger partial charge in [-0.25, -0.2) is 4.79 Å². The Balaban J connectivity index is 2.26. The molecule has 0 fully saturated rings. The topological polar surface area (TPSA) is 230 Å². The summed E-state index contributed by atoms with van der Waals surface area (Å²) in [4.78, 5) is 64.7. The predicted molar refractivity (Wildman–Crippen MR) is 142 cm³/mol. The van der Waals surface area contributed by atoms with E-state index < -0.39 is 60.2 Å². The van der Waals surface area contributed by atoms with Crippen LogP contribution in [0.4, 0.5) is 0 Å². The third-order valence-corrected chi connectivity index (χ3v) is 6.23. The van der Waals surface area contributed by atoms with Crippen molar-refractivity contribution in [3.8, 4) is 0 Å². The molecule has 3 amide bonds. The first-order chi connectivity index (χ1) is 18.1. The van der Waals surface area contributed by atoms with E-state index in [1.165, 1.54) is 0 Å². The Labute approximate surface area is 224 Å². The number of H-pyrrole nitrogens is 1. The quantitative estimate of drug-likeness (QED) is 0.0931. The lowest BCUT2D eigenvalue weighted by Gasteiger charge is -2.24. The highest BCUT2D eigenvalue weighted by Crippen LogP contribution is 2.19. The average molecular weight is 551 g/mol. The number of hydrogen-bond acceptors (Lipinski definition) is 8. The first-order valence-electron chi connectivity index (χ1n) is 12.0. The third kappa shape index (κ3) is 9.04. The number of aromatic nitrogens is 1. The highest BCUT2D eigenvalue weighted by atomic mass is 32.1. The van der Waals surface area contributed by atoms with Gasteiger partial charge in [-0.05, 0) is 37.4 Å². The molecule has 0 aliphatic rings. The minimum atomic E-state index is -1.60. The van der Waals surface area contributed by atoms with Gasteiger partial charge in [-0.1, -0.05) is 18.2 Å². The normalized spacial score (nSPS) is 14.2. The zero-order valence-corrected chi connectivity index (χ0v) is 21.6. The zero-order valence-electron chi connectivity index (χ0n) is 20.7. The SMILES string of the molecule is NCCCCC(NC(=O)C(CC(=O)O)NC(=O)C(Cc1c[nH]c2ccccc12)NC(=O)C(N)CS)C(=O)O. The van der Waals surface area contributed by atoms with E-state index in [0.717, 1.165) is 10.9 Å². The van der Waals surface area contributed by atoms with Crippen molar-refractivity contribution < 1.29 is 34.2 Å². The highest BCUT2D eigenvalue weighted by molar-refractivity contribution is 7.80. The fourth-order valence-electron chi connectivity index (χ4n) is 3.77. The van der Waals surface area contributed by atoms with Gasteiger partial charge in [0.1, 0.15) is 18.1 Å². The molecule has 38 heavy (non-hydrogen) atoms. The number of amides is 3. The van der Waals surface area contributed by atoms with Gasteiger partial charge in [0.15, 0.2) is 0 Å². The lowest BCUT2D eigenvalue weighted by atomic mass is 10.0. The molecule has 1 aromatic heterocycles. The summed E-state index contributed by atoms with van der Waals surface area (Å²) in [5.74, 6) is -5.17. The molecule has 1 heterocycles. The van der Waals surface area contributed by atoms with Crippen molar-refractivity contribution in [3.05, 3.63) is 36.0 Å². The van der Waals surface area contributed by atoms with Crippen LogP contribution in [0.25, 0.3) is 10.9 Å². The van der Waals surface area contributed by atoms with Crippen molar-refractivity contribution in [1.29, 1.82) is 0 Å². The molecule has 0 bridgehead atoms. The number of thiol groups is 1. The van der Waals surface area contributed by atoms with Crippen LogP contribution in [0.5, 0.6) is 0 Å². The molecule has 1 aromatic carbocycles. The van der Waals surface area contributed by atoms with Crippen molar-refractivity contribution in [2.24, 2.45) is 11.5 Å². The van der Waals surface area contributed by atoms with Crippen LogP contribution in [0.3, 0.4) is 0 Å². The highest BCUT2D eigenvalue weighted by Gasteiger charge is 2.32. The molecule has 2 rings (SSSR count). The van der Waals surface area contributed by atoms with E-state index in [0.29, 0.717) is 24.9 Å². The number of carboxylic acid groups (broad SMARTS) is 2. The molecule has 0 saturated carbocycles. The van der Waals surface area contributed by atoms with Crippen LogP contribution in [0.2, 0.25) is 0 Å². The lowest BCUT2D eigenvalue weighted by molar-refractivity contribution is -0.143. The van der Waals surface area contributed by atoms with Gasteiger partial charge in [0, 0.05) is 29.3 Å². The summed E-state index contributed by atoms with van der Waals surface area (Å²) in [5, 5.41) is 26.7. The number of carbonyl (C=O) groups excluding carboxylic acids is 3. The number of carbonyl (C=O) groups is 5.